The molecule has 1 fully saturated rings. The summed E-state index contributed by atoms with van der Waals surface area (Å²) in [7, 11) is 0. The third-order valence-electron chi connectivity index (χ3n) is 6.27. The molecule has 1 radical (unpaired) electrons. The number of carboxylic acids is 1. The fraction of sp³-hybridized carbons (Fsp3) is 0.370. The number of hydrogen-bond acceptors (Lipinski definition) is 5. The zero-order chi connectivity index (χ0) is 26.5. The van der Waals surface area contributed by atoms with Gasteiger partial charge in [0.1, 0.15) is 23.2 Å². The van der Waals surface area contributed by atoms with Gasteiger partial charge in [-0.25, -0.2) is 13.8 Å². The monoisotopic (exact) mass is 536 g/mol. The number of nitrogens with zero attached hydrogens (tertiary/aromatic N) is 2. The molecule has 2 atom stereocenters. The fourth-order valence-electron chi connectivity index (χ4n) is 4.36. The maximum Gasteiger partial charge on any atom is 0.305 e. The second-order valence-corrected chi connectivity index (χ2v) is 9.34. The number of nitrogens with one attached hydrogen (secondary N) is 1. The predicted molar refractivity (Wildman–Crippen MR) is 136 cm³/mol. The molecule has 1 aromatic heterocycles. The summed E-state index contributed by atoms with van der Waals surface area (Å²) in [5.41, 5.74) is 2.11. The Morgan fingerprint density at radius 1 is 1.05 bits per heavy atom. The summed E-state index contributed by atoms with van der Waals surface area (Å²) in [5.74, 6) is -1.87. The molecule has 1 saturated carbocycles. The van der Waals surface area contributed by atoms with Crippen LogP contribution >= 0.6 is 0 Å². The third-order valence-corrected chi connectivity index (χ3v) is 6.27. The number of aliphatic carboxylic acids is 1. The van der Waals surface area contributed by atoms with Crippen LogP contribution in [0.5, 0.6) is 0 Å². The van der Waals surface area contributed by atoms with Crippen LogP contribution in [0, 0.1) is 11.6 Å². The quantitative estimate of drug-likeness (QED) is 0.264. The van der Waals surface area contributed by atoms with Gasteiger partial charge in [-0.15, -0.1) is 0 Å². The number of carboxylic acid groups (broad SMARTS) is 1. The second kappa shape index (κ2) is 13.4. The van der Waals surface area contributed by atoms with Gasteiger partial charge in [0.25, 0.3) is 5.91 Å². The SMILES string of the molecule is O=C(O)C[C@H](O)C[C@H](O)CCn1c(-c2ccc(F)cc2)nc(C(=O)NCc2cccc(F)c2)c1C1CC1.[Na]. The Bertz CT molecular complexity index is 1260. The van der Waals surface area contributed by atoms with Gasteiger partial charge < -0.3 is 25.2 Å². The van der Waals surface area contributed by atoms with E-state index in [1.165, 1.54) is 24.3 Å². The second-order valence-electron chi connectivity index (χ2n) is 9.34. The van der Waals surface area contributed by atoms with Crippen LogP contribution < -0.4 is 5.32 Å². The van der Waals surface area contributed by atoms with E-state index in [9.17, 15) is 28.6 Å². The minimum atomic E-state index is -1.18. The van der Waals surface area contributed by atoms with Crippen molar-refractivity contribution in [3.8, 4) is 11.4 Å². The Labute approximate surface area is 241 Å². The standard InChI is InChI=1S/C27H29F2N3O5.Na/c28-19-8-6-18(7-9-19)26-31-24(27(37)30-15-16-2-1-3-20(29)12-16)25(17-4-5-17)32(26)11-10-21(33)13-22(34)14-23(35)36;/h1-3,6-9,12,17,21-22,33-34H,4-5,10-11,13-15H2,(H,30,37)(H,35,36);/t21-,22-;/m1./s1. The van der Waals surface area contributed by atoms with E-state index in [-0.39, 0.29) is 67.1 Å². The fourth-order valence-corrected chi connectivity index (χ4v) is 4.36. The topological polar surface area (TPSA) is 125 Å². The van der Waals surface area contributed by atoms with Crippen molar-refractivity contribution in [3.05, 3.63) is 77.1 Å². The van der Waals surface area contributed by atoms with Crippen LogP contribution in [0.2, 0.25) is 0 Å². The summed E-state index contributed by atoms with van der Waals surface area (Å²) in [5, 5.41) is 31.9. The van der Waals surface area contributed by atoms with Gasteiger partial charge in [-0.05, 0) is 67.6 Å². The molecular formula is C27H29F2N3NaO5. The van der Waals surface area contributed by atoms with E-state index in [1.807, 2.05) is 4.57 Å². The molecule has 0 aliphatic heterocycles. The molecule has 1 amide bonds. The van der Waals surface area contributed by atoms with Crippen LogP contribution in [0.3, 0.4) is 0 Å². The van der Waals surface area contributed by atoms with E-state index in [0.717, 1.165) is 12.8 Å². The number of amides is 1. The van der Waals surface area contributed by atoms with Gasteiger partial charge in [0.05, 0.1) is 24.3 Å². The van der Waals surface area contributed by atoms with Crippen molar-refractivity contribution < 1.29 is 33.7 Å². The van der Waals surface area contributed by atoms with Gasteiger partial charge >= 0.3 is 5.97 Å². The summed E-state index contributed by atoms with van der Waals surface area (Å²) in [6.45, 7) is 0.364. The maximum atomic E-state index is 13.6. The Hall–Kier alpha value is -2.63. The van der Waals surface area contributed by atoms with E-state index < -0.39 is 42.1 Å². The van der Waals surface area contributed by atoms with Crippen LogP contribution in [-0.4, -0.2) is 78.5 Å². The van der Waals surface area contributed by atoms with Crippen molar-refractivity contribution >= 4 is 41.4 Å². The third kappa shape index (κ3) is 7.94. The first kappa shape index (κ1) is 29.9. The Balaban J connectivity index is 0.00000400. The summed E-state index contributed by atoms with van der Waals surface area (Å²) >= 11 is 0. The number of rotatable bonds is 12. The number of imidazole rings is 1. The number of halogens is 2. The average molecular weight is 537 g/mol. The largest absolute Gasteiger partial charge is 0.481 e. The molecule has 0 unspecified atom stereocenters. The predicted octanol–water partition coefficient (Wildman–Crippen LogP) is 3.23. The van der Waals surface area contributed by atoms with Crippen molar-refractivity contribution in [2.45, 2.75) is 63.3 Å². The van der Waals surface area contributed by atoms with Crippen LogP contribution in [0.4, 0.5) is 8.78 Å². The number of carbonyl (C=O) groups excluding carboxylic acids is 1. The number of aliphatic hydroxyl groups excluding tert-OH is 2. The van der Waals surface area contributed by atoms with E-state index in [0.29, 0.717) is 22.6 Å². The Kier molecular flexibility index (Phi) is 10.6. The molecule has 0 bridgehead atoms. The van der Waals surface area contributed by atoms with E-state index in [4.69, 9.17) is 5.11 Å². The maximum absolute atomic E-state index is 13.6. The molecule has 197 valence electrons. The summed E-state index contributed by atoms with van der Waals surface area (Å²) < 4.78 is 29.0. The van der Waals surface area contributed by atoms with Crippen LogP contribution in [0.1, 0.15) is 59.8 Å². The van der Waals surface area contributed by atoms with Gasteiger partial charge in [-0.2, -0.15) is 0 Å². The minimum Gasteiger partial charge on any atom is -0.481 e. The Morgan fingerprint density at radius 3 is 2.39 bits per heavy atom. The normalized spacial score (nSPS) is 14.4. The first-order chi connectivity index (χ1) is 17.7. The van der Waals surface area contributed by atoms with Crippen molar-refractivity contribution in [1.29, 1.82) is 0 Å². The molecule has 1 heterocycles. The zero-order valence-corrected chi connectivity index (χ0v) is 23.1. The summed E-state index contributed by atoms with van der Waals surface area (Å²) in [6.07, 6.45) is -0.824. The molecule has 8 nitrogen and oxygen atoms in total. The van der Waals surface area contributed by atoms with E-state index >= 15 is 0 Å². The van der Waals surface area contributed by atoms with Gasteiger partial charge in [0.2, 0.25) is 0 Å². The first-order valence-corrected chi connectivity index (χ1v) is 12.2. The Morgan fingerprint density at radius 2 is 1.76 bits per heavy atom. The number of hydrogen-bond donors (Lipinski definition) is 4. The molecule has 0 spiro atoms. The average Bonchev–Trinajstić information content (AvgIpc) is 3.61. The molecule has 1 aliphatic carbocycles. The van der Waals surface area contributed by atoms with Crippen molar-refractivity contribution in [2.24, 2.45) is 0 Å². The van der Waals surface area contributed by atoms with Gasteiger partial charge in [-0.3, -0.25) is 9.59 Å². The number of aromatic nitrogens is 2. The van der Waals surface area contributed by atoms with Crippen LogP contribution in [-0.2, 0) is 17.9 Å². The summed E-state index contributed by atoms with van der Waals surface area (Å²) in [6, 6.07) is 11.6. The molecule has 11 heteroatoms. The first-order valence-electron chi connectivity index (χ1n) is 12.2. The summed E-state index contributed by atoms with van der Waals surface area (Å²) in [4.78, 5) is 28.7. The van der Waals surface area contributed by atoms with Gasteiger partial charge in [-0.1, -0.05) is 12.1 Å². The van der Waals surface area contributed by atoms with E-state index in [2.05, 4.69) is 10.3 Å². The van der Waals surface area contributed by atoms with Crippen molar-refractivity contribution in [2.75, 3.05) is 0 Å². The number of aliphatic hydroxyl groups is 2. The molecule has 3 aromatic rings. The van der Waals surface area contributed by atoms with E-state index in [1.54, 1.807) is 24.3 Å². The number of carbonyl (C=O) groups is 2. The van der Waals surface area contributed by atoms with Crippen LogP contribution in [0.15, 0.2) is 48.5 Å². The molecular weight excluding hydrogens is 507 g/mol. The number of benzene rings is 2. The molecule has 38 heavy (non-hydrogen) atoms. The molecule has 0 saturated heterocycles. The van der Waals surface area contributed by atoms with Crippen molar-refractivity contribution in [1.82, 2.24) is 14.9 Å². The molecule has 4 rings (SSSR count). The smallest absolute Gasteiger partial charge is 0.305 e. The van der Waals surface area contributed by atoms with Crippen molar-refractivity contribution in [3.63, 3.8) is 0 Å². The van der Waals surface area contributed by atoms with Gasteiger partial charge in [0, 0.05) is 54.1 Å². The van der Waals surface area contributed by atoms with Gasteiger partial charge in [0.15, 0.2) is 0 Å². The minimum absolute atomic E-state index is 0. The van der Waals surface area contributed by atoms with Crippen LogP contribution in [0.25, 0.3) is 11.4 Å². The zero-order valence-electron chi connectivity index (χ0n) is 21.1. The molecule has 1 aliphatic rings. The molecule has 2 aromatic carbocycles. The molecule has 4 N–H and O–H groups in total.